The fourth-order valence-corrected chi connectivity index (χ4v) is 6.99. The summed E-state index contributed by atoms with van der Waals surface area (Å²) in [6.45, 7) is 1.63. The Balaban J connectivity index is 0.780. The number of amides is 6. The van der Waals surface area contributed by atoms with Gasteiger partial charge in [-0.25, -0.2) is 0 Å². The van der Waals surface area contributed by atoms with Crippen molar-refractivity contribution in [2.45, 2.75) is 44.8 Å². The SMILES string of the molecule is Cc1cc(-c2ccc(OCCNC(=O)CCc3cn(OCCOCCOCC(=O)Nc4cccc5c4C(=O)N(C4CCC(=O)NC4=O)C5=O)nn3)c(-c3cncc(C(F)(F)F)c3)c2O)n[nH]1. The zero-order valence-electron chi connectivity index (χ0n) is 35.0. The summed E-state index contributed by atoms with van der Waals surface area (Å²) >= 11 is 0. The van der Waals surface area contributed by atoms with Gasteiger partial charge in [-0.05, 0) is 55.0 Å². The number of phenolic OH excluding ortho intramolecular Hbond substituents is 1. The van der Waals surface area contributed by atoms with Gasteiger partial charge in [-0.2, -0.15) is 18.3 Å². The van der Waals surface area contributed by atoms with Crippen LogP contribution in [0.15, 0.2) is 61.1 Å². The molecule has 3 aromatic heterocycles. The zero-order chi connectivity index (χ0) is 47.0. The molecule has 1 saturated heterocycles. The van der Waals surface area contributed by atoms with E-state index in [9.17, 15) is 47.0 Å². The minimum atomic E-state index is -4.68. The molecule has 66 heavy (non-hydrogen) atoms. The van der Waals surface area contributed by atoms with E-state index in [1.165, 1.54) is 42.7 Å². The number of imide groups is 2. The lowest BCUT2D eigenvalue weighted by Crippen LogP contribution is -2.54. The lowest BCUT2D eigenvalue weighted by molar-refractivity contribution is -0.138. The fourth-order valence-electron chi connectivity index (χ4n) is 6.99. The Labute approximate surface area is 371 Å². The average molecular weight is 919 g/mol. The van der Waals surface area contributed by atoms with Gasteiger partial charge in [-0.15, -0.1) is 5.10 Å². The Morgan fingerprint density at radius 3 is 2.52 bits per heavy atom. The molecule has 5 N–H and O–H groups in total. The van der Waals surface area contributed by atoms with E-state index >= 15 is 0 Å². The number of nitrogens with zero attached hydrogens (tertiary/aromatic N) is 6. The number of alkyl halides is 3. The van der Waals surface area contributed by atoms with Crippen LogP contribution < -0.4 is 25.5 Å². The smallest absolute Gasteiger partial charge is 0.417 e. The monoisotopic (exact) mass is 918 g/mol. The van der Waals surface area contributed by atoms with Gasteiger partial charge >= 0.3 is 6.18 Å². The molecule has 346 valence electrons. The van der Waals surface area contributed by atoms with E-state index in [1.54, 1.807) is 13.0 Å². The quantitative estimate of drug-likeness (QED) is 0.0554. The second kappa shape index (κ2) is 20.4. The van der Waals surface area contributed by atoms with Crippen LogP contribution in [0.4, 0.5) is 18.9 Å². The number of carbonyl (C=O) groups is 6. The highest BCUT2D eigenvalue weighted by Gasteiger charge is 2.45. The Morgan fingerprint density at radius 2 is 1.74 bits per heavy atom. The van der Waals surface area contributed by atoms with Crippen molar-refractivity contribution in [1.29, 1.82) is 0 Å². The summed E-state index contributed by atoms with van der Waals surface area (Å²) in [6.07, 6.45) is -1.11. The first kappa shape index (κ1) is 46.3. The highest BCUT2D eigenvalue weighted by molar-refractivity contribution is 6.26. The summed E-state index contributed by atoms with van der Waals surface area (Å²) in [5.74, 6) is -3.95. The number of nitrogens with one attached hydrogen (secondary N) is 4. The number of rotatable bonds is 20. The standard InChI is InChI=1S/C42H41F3N10O11/c1-23-17-30(52-50-23)27-6-8-32(36(38(27)59)24-18-25(20-46-19-24)42(43,44)45)65-12-11-47-33(56)9-5-26-21-54(53-51-26)66-16-15-63-13-14-64-22-35(58)48-29-4-2-3-28-37(29)41(62)55(40(28)61)31-7-10-34(57)49-39(31)60/h2-4,6,8,17-21,31,59H,5,7,9-16,22H2,1H3,(H,47,56)(H,48,58)(H,50,52)(H,49,57,60). The predicted molar refractivity (Wildman–Crippen MR) is 220 cm³/mol. The predicted octanol–water partition coefficient (Wildman–Crippen LogP) is 2.39. The first-order valence-electron chi connectivity index (χ1n) is 20.3. The van der Waals surface area contributed by atoms with Crippen LogP contribution in [-0.4, -0.2) is 128 Å². The number of aromatic hydroxyl groups is 1. The molecular formula is C42H41F3N10O11. The van der Waals surface area contributed by atoms with E-state index in [2.05, 4.69) is 41.4 Å². The number of anilines is 1. The summed E-state index contributed by atoms with van der Waals surface area (Å²) in [4.78, 5) is 86.4. The van der Waals surface area contributed by atoms with Crippen LogP contribution in [0.3, 0.4) is 0 Å². The lowest BCUT2D eigenvalue weighted by atomic mass is 9.98. The van der Waals surface area contributed by atoms with Gasteiger partial charge in [0, 0.05) is 48.5 Å². The van der Waals surface area contributed by atoms with E-state index in [-0.39, 0.29) is 116 Å². The molecule has 0 spiro atoms. The zero-order valence-corrected chi connectivity index (χ0v) is 35.0. The van der Waals surface area contributed by atoms with Gasteiger partial charge in [0.1, 0.15) is 37.4 Å². The van der Waals surface area contributed by atoms with Crippen molar-refractivity contribution >= 4 is 41.1 Å². The molecule has 21 nitrogen and oxygen atoms in total. The number of hydrogen-bond acceptors (Lipinski definition) is 15. The van der Waals surface area contributed by atoms with Crippen LogP contribution in [0, 0.1) is 6.92 Å². The van der Waals surface area contributed by atoms with E-state index in [1.807, 2.05) is 0 Å². The van der Waals surface area contributed by atoms with Crippen LogP contribution in [0.5, 0.6) is 11.5 Å². The minimum absolute atomic E-state index is 0.00457. The summed E-state index contributed by atoms with van der Waals surface area (Å²) < 4.78 is 57.2. The molecule has 1 fully saturated rings. The normalized spacial score (nSPS) is 14.8. The molecule has 0 radical (unpaired) electrons. The molecule has 5 heterocycles. The summed E-state index contributed by atoms with van der Waals surface area (Å²) in [6, 6.07) is 8.73. The van der Waals surface area contributed by atoms with E-state index in [0.717, 1.165) is 15.8 Å². The number of H-pyrrole nitrogens is 1. The number of pyridine rings is 1. The molecule has 1 atom stereocenters. The third-order valence-corrected chi connectivity index (χ3v) is 10.1. The molecule has 7 rings (SSSR count). The molecule has 0 saturated carbocycles. The van der Waals surface area contributed by atoms with Crippen molar-refractivity contribution in [2.24, 2.45) is 0 Å². The first-order chi connectivity index (χ1) is 31.7. The molecule has 24 heteroatoms. The number of aromatic nitrogens is 6. The molecule has 2 aliphatic rings. The van der Waals surface area contributed by atoms with Gasteiger partial charge in [0.2, 0.25) is 23.6 Å². The Morgan fingerprint density at radius 1 is 0.939 bits per heavy atom. The number of aromatic amines is 1. The van der Waals surface area contributed by atoms with Crippen LogP contribution in [0.25, 0.3) is 22.4 Å². The Hall–Kier alpha value is -7.73. The minimum Gasteiger partial charge on any atom is -0.506 e. The van der Waals surface area contributed by atoms with E-state index in [0.29, 0.717) is 23.3 Å². The van der Waals surface area contributed by atoms with Gasteiger partial charge < -0.3 is 34.8 Å². The maximum absolute atomic E-state index is 13.5. The Kier molecular flexibility index (Phi) is 14.3. The molecular weight excluding hydrogens is 878 g/mol. The third-order valence-electron chi connectivity index (χ3n) is 10.1. The number of piperidine rings is 1. The van der Waals surface area contributed by atoms with Crippen molar-refractivity contribution in [3.8, 4) is 33.9 Å². The van der Waals surface area contributed by atoms with Crippen LogP contribution in [0.2, 0.25) is 0 Å². The molecule has 5 aromatic rings. The number of halogens is 3. The molecule has 6 amide bonds. The van der Waals surface area contributed by atoms with Gasteiger partial charge in [0.05, 0.1) is 71.9 Å². The highest BCUT2D eigenvalue weighted by atomic mass is 19.4. The summed E-state index contributed by atoms with van der Waals surface area (Å²) in [5, 5.41) is 33.4. The molecule has 0 aliphatic carbocycles. The van der Waals surface area contributed by atoms with Gasteiger partial charge in [0.25, 0.3) is 11.8 Å². The van der Waals surface area contributed by atoms with Crippen molar-refractivity contribution in [2.75, 3.05) is 51.5 Å². The van der Waals surface area contributed by atoms with Crippen molar-refractivity contribution < 1.29 is 66.1 Å². The topological polar surface area (TPSA) is 271 Å². The molecule has 0 bridgehead atoms. The largest absolute Gasteiger partial charge is 0.506 e. The molecule has 2 aliphatic heterocycles. The maximum Gasteiger partial charge on any atom is 0.417 e. The van der Waals surface area contributed by atoms with Crippen molar-refractivity contribution in [3.05, 3.63) is 89.1 Å². The van der Waals surface area contributed by atoms with E-state index < -0.39 is 53.9 Å². The fraction of sp³-hybridized carbons (Fsp3) is 0.333. The number of carbonyl (C=O) groups excluding carboxylic acids is 6. The molecule has 1 unspecified atom stereocenters. The van der Waals surface area contributed by atoms with Crippen LogP contribution in [0.1, 0.15) is 56.9 Å². The number of fused-ring (bicyclic) bond motifs is 1. The summed E-state index contributed by atoms with van der Waals surface area (Å²) in [5.41, 5.74) is 0.740. The van der Waals surface area contributed by atoms with Gasteiger partial charge in [0.15, 0.2) is 0 Å². The Bertz CT molecular complexity index is 2650. The lowest BCUT2D eigenvalue weighted by Gasteiger charge is -2.27. The third kappa shape index (κ3) is 11.0. The number of phenols is 1. The van der Waals surface area contributed by atoms with Crippen molar-refractivity contribution in [3.63, 3.8) is 0 Å². The number of ether oxygens (including phenoxy) is 3. The number of hydrogen-bond donors (Lipinski definition) is 5. The van der Waals surface area contributed by atoms with Crippen LogP contribution >= 0.6 is 0 Å². The molecule has 2 aromatic carbocycles. The maximum atomic E-state index is 13.5. The van der Waals surface area contributed by atoms with E-state index in [4.69, 9.17) is 19.0 Å². The second-order valence-electron chi connectivity index (χ2n) is 14.8. The van der Waals surface area contributed by atoms with Crippen LogP contribution in [-0.2, 0) is 41.2 Å². The number of aryl methyl sites for hydroxylation is 2. The van der Waals surface area contributed by atoms with Gasteiger partial charge in [-0.3, -0.25) is 49.1 Å². The number of benzene rings is 2. The second-order valence-corrected chi connectivity index (χ2v) is 14.8. The highest BCUT2D eigenvalue weighted by Crippen LogP contribution is 2.45. The van der Waals surface area contributed by atoms with Crippen molar-refractivity contribution in [1.82, 2.24) is 45.9 Å². The first-order valence-corrected chi connectivity index (χ1v) is 20.3. The average Bonchev–Trinajstić information content (AvgIpc) is 4.00. The summed E-state index contributed by atoms with van der Waals surface area (Å²) in [7, 11) is 0. The van der Waals surface area contributed by atoms with Gasteiger partial charge in [-0.1, -0.05) is 10.9 Å².